The summed E-state index contributed by atoms with van der Waals surface area (Å²) < 4.78 is 32.8. The first kappa shape index (κ1) is 18.0. The standard InChI is InChI=1S/C18H21NO4S/c1-3-4-13-23-17-9-7-16(8-10-17)19-24(21,22)18-11-5-15(6-12-18)14(2)20/h5-12,19H,3-4,13H2,1-2H3. The Labute approximate surface area is 142 Å². The van der Waals surface area contributed by atoms with Crippen LogP contribution >= 0.6 is 0 Å². The van der Waals surface area contributed by atoms with Gasteiger partial charge in [0.25, 0.3) is 10.0 Å². The van der Waals surface area contributed by atoms with Gasteiger partial charge < -0.3 is 4.74 Å². The molecule has 1 N–H and O–H groups in total. The Morgan fingerprint density at radius 3 is 2.21 bits per heavy atom. The van der Waals surface area contributed by atoms with E-state index in [-0.39, 0.29) is 10.7 Å². The molecule has 2 aromatic carbocycles. The molecule has 2 aromatic rings. The summed E-state index contributed by atoms with van der Waals surface area (Å²) in [5.74, 6) is 0.600. The molecule has 24 heavy (non-hydrogen) atoms. The van der Waals surface area contributed by atoms with E-state index < -0.39 is 10.0 Å². The van der Waals surface area contributed by atoms with E-state index in [1.807, 2.05) is 0 Å². The molecule has 0 unspecified atom stereocenters. The van der Waals surface area contributed by atoms with E-state index in [1.54, 1.807) is 24.3 Å². The quantitative estimate of drug-likeness (QED) is 0.581. The molecule has 6 heteroatoms. The smallest absolute Gasteiger partial charge is 0.261 e. The number of hydrogen-bond donors (Lipinski definition) is 1. The van der Waals surface area contributed by atoms with Crippen LogP contribution in [0.5, 0.6) is 5.75 Å². The van der Waals surface area contributed by atoms with E-state index in [4.69, 9.17) is 4.74 Å². The molecule has 0 radical (unpaired) electrons. The van der Waals surface area contributed by atoms with Gasteiger partial charge in [-0.3, -0.25) is 9.52 Å². The minimum absolute atomic E-state index is 0.106. The second-order valence-corrected chi connectivity index (χ2v) is 7.09. The Balaban J connectivity index is 2.07. The van der Waals surface area contributed by atoms with Gasteiger partial charge in [-0.05, 0) is 49.7 Å². The van der Waals surface area contributed by atoms with Crippen LogP contribution in [0.4, 0.5) is 5.69 Å². The lowest BCUT2D eigenvalue weighted by atomic mass is 10.2. The summed E-state index contributed by atoms with van der Waals surface area (Å²) in [7, 11) is -3.69. The summed E-state index contributed by atoms with van der Waals surface area (Å²) in [4.78, 5) is 11.4. The molecule has 0 aliphatic heterocycles. The van der Waals surface area contributed by atoms with Crippen molar-refractivity contribution in [1.29, 1.82) is 0 Å². The third-order valence-electron chi connectivity index (χ3n) is 3.44. The molecule has 0 aliphatic rings. The van der Waals surface area contributed by atoms with Crippen molar-refractivity contribution in [3.8, 4) is 5.75 Å². The second kappa shape index (κ2) is 7.97. The van der Waals surface area contributed by atoms with Crippen LogP contribution in [0.25, 0.3) is 0 Å². The number of nitrogens with one attached hydrogen (secondary N) is 1. The van der Waals surface area contributed by atoms with Gasteiger partial charge in [-0.25, -0.2) is 8.42 Å². The third kappa shape index (κ3) is 4.83. The Kier molecular flexibility index (Phi) is 5.98. The fraction of sp³-hybridized carbons (Fsp3) is 0.278. The number of ether oxygens (including phenoxy) is 1. The van der Waals surface area contributed by atoms with Crippen molar-refractivity contribution < 1.29 is 17.9 Å². The number of carbonyl (C=O) groups excluding carboxylic acids is 1. The van der Waals surface area contributed by atoms with E-state index in [9.17, 15) is 13.2 Å². The molecule has 0 saturated carbocycles. The lowest BCUT2D eigenvalue weighted by molar-refractivity contribution is 0.101. The highest BCUT2D eigenvalue weighted by Gasteiger charge is 2.14. The van der Waals surface area contributed by atoms with Crippen LogP contribution in [0, 0.1) is 0 Å². The molecule has 0 heterocycles. The third-order valence-corrected chi connectivity index (χ3v) is 4.84. The number of sulfonamides is 1. The average Bonchev–Trinajstić information content (AvgIpc) is 2.56. The maximum Gasteiger partial charge on any atom is 0.261 e. The lowest BCUT2D eigenvalue weighted by Crippen LogP contribution is -2.13. The fourth-order valence-corrected chi connectivity index (χ4v) is 3.10. The molecule has 0 saturated heterocycles. The Morgan fingerprint density at radius 2 is 1.67 bits per heavy atom. The molecule has 0 spiro atoms. The SMILES string of the molecule is CCCCOc1ccc(NS(=O)(=O)c2ccc(C(C)=O)cc2)cc1. The van der Waals surface area contributed by atoms with Gasteiger partial charge in [-0.15, -0.1) is 0 Å². The van der Waals surface area contributed by atoms with Crippen LogP contribution in [0.2, 0.25) is 0 Å². The van der Waals surface area contributed by atoms with Crippen LogP contribution in [0.15, 0.2) is 53.4 Å². The van der Waals surface area contributed by atoms with Crippen molar-refractivity contribution in [3.63, 3.8) is 0 Å². The fourth-order valence-electron chi connectivity index (χ4n) is 2.04. The van der Waals surface area contributed by atoms with E-state index in [0.717, 1.165) is 12.8 Å². The van der Waals surface area contributed by atoms with E-state index in [2.05, 4.69) is 11.6 Å². The van der Waals surface area contributed by atoms with Crippen LogP contribution < -0.4 is 9.46 Å². The molecule has 2 rings (SSSR count). The predicted molar refractivity (Wildman–Crippen MR) is 94.1 cm³/mol. The summed E-state index contributed by atoms with van der Waals surface area (Å²) in [6.45, 7) is 4.17. The molecule has 0 atom stereocenters. The number of benzene rings is 2. The number of hydrogen-bond acceptors (Lipinski definition) is 4. The van der Waals surface area contributed by atoms with Crippen molar-refractivity contribution in [1.82, 2.24) is 0 Å². The number of unbranched alkanes of at least 4 members (excludes halogenated alkanes) is 1. The summed E-state index contributed by atoms with van der Waals surface area (Å²) in [6, 6.07) is 12.6. The molecule has 0 fully saturated rings. The number of rotatable bonds is 8. The van der Waals surface area contributed by atoms with Gasteiger partial charge in [0.05, 0.1) is 11.5 Å². The van der Waals surface area contributed by atoms with Gasteiger partial charge in [-0.1, -0.05) is 25.5 Å². The number of ketones is 1. The van der Waals surface area contributed by atoms with E-state index in [1.165, 1.54) is 31.2 Å². The Bertz CT molecular complexity index is 781. The molecular formula is C18H21NO4S. The molecule has 0 aliphatic carbocycles. The average molecular weight is 347 g/mol. The van der Waals surface area contributed by atoms with Crippen molar-refractivity contribution >= 4 is 21.5 Å². The van der Waals surface area contributed by atoms with Gasteiger partial charge in [0.15, 0.2) is 5.78 Å². The van der Waals surface area contributed by atoms with Crippen molar-refractivity contribution in [3.05, 3.63) is 54.1 Å². The van der Waals surface area contributed by atoms with Crippen LogP contribution in [-0.2, 0) is 10.0 Å². The molecule has 5 nitrogen and oxygen atoms in total. The van der Waals surface area contributed by atoms with Crippen LogP contribution in [-0.4, -0.2) is 20.8 Å². The predicted octanol–water partition coefficient (Wildman–Crippen LogP) is 3.87. The monoisotopic (exact) mass is 347 g/mol. The molecule has 0 amide bonds. The summed E-state index contributed by atoms with van der Waals surface area (Å²) in [6.07, 6.45) is 2.03. The van der Waals surface area contributed by atoms with Gasteiger partial charge in [0.1, 0.15) is 5.75 Å². The van der Waals surface area contributed by atoms with Crippen molar-refractivity contribution in [2.75, 3.05) is 11.3 Å². The zero-order valence-corrected chi connectivity index (χ0v) is 14.6. The van der Waals surface area contributed by atoms with E-state index >= 15 is 0 Å². The summed E-state index contributed by atoms with van der Waals surface area (Å²) in [5.41, 5.74) is 0.927. The normalized spacial score (nSPS) is 11.1. The minimum Gasteiger partial charge on any atom is -0.494 e. The lowest BCUT2D eigenvalue weighted by Gasteiger charge is -2.10. The first-order valence-electron chi connectivity index (χ1n) is 7.79. The maximum atomic E-state index is 12.4. The molecule has 128 valence electrons. The van der Waals surface area contributed by atoms with Gasteiger partial charge in [-0.2, -0.15) is 0 Å². The van der Waals surface area contributed by atoms with Gasteiger partial charge in [0, 0.05) is 11.3 Å². The highest BCUT2D eigenvalue weighted by atomic mass is 32.2. The summed E-state index contributed by atoms with van der Waals surface area (Å²) >= 11 is 0. The number of Topliss-reactive ketones (excluding diaryl/α,β-unsaturated/α-hetero) is 1. The molecule has 0 bridgehead atoms. The number of carbonyl (C=O) groups is 1. The molecular weight excluding hydrogens is 326 g/mol. The zero-order chi connectivity index (χ0) is 17.6. The topological polar surface area (TPSA) is 72.5 Å². The Morgan fingerprint density at radius 1 is 1.04 bits per heavy atom. The largest absolute Gasteiger partial charge is 0.494 e. The van der Waals surface area contributed by atoms with Crippen LogP contribution in [0.3, 0.4) is 0 Å². The summed E-state index contributed by atoms with van der Waals surface area (Å²) in [5, 5.41) is 0. The van der Waals surface area contributed by atoms with Gasteiger partial charge >= 0.3 is 0 Å². The Hall–Kier alpha value is -2.34. The zero-order valence-electron chi connectivity index (χ0n) is 13.8. The molecule has 0 aromatic heterocycles. The second-order valence-electron chi connectivity index (χ2n) is 5.41. The van der Waals surface area contributed by atoms with Crippen molar-refractivity contribution in [2.24, 2.45) is 0 Å². The first-order chi connectivity index (χ1) is 11.4. The highest BCUT2D eigenvalue weighted by molar-refractivity contribution is 7.92. The highest BCUT2D eigenvalue weighted by Crippen LogP contribution is 2.20. The van der Waals surface area contributed by atoms with E-state index in [0.29, 0.717) is 23.6 Å². The number of anilines is 1. The minimum atomic E-state index is -3.69. The maximum absolute atomic E-state index is 12.4. The van der Waals surface area contributed by atoms with Crippen molar-refractivity contribution in [2.45, 2.75) is 31.6 Å². The van der Waals surface area contributed by atoms with Gasteiger partial charge in [0.2, 0.25) is 0 Å². The first-order valence-corrected chi connectivity index (χ1v) is 9.27. The van der Waals surface area contributed by atoms with Crippen LogP contribution in [0.1, 0.15) is 37.0 Å².